The zero-order valence-electron chi connectivity index (χ0n) is 18.9. The van der Waals surface area contributed by atoms with Crippen molar-refractivity contribution >= 4 is 69.1 Å². The summed E-state index contributed by atoms with van der Waals surface area (Å²) in [6, 6.07) is 0. The molecule has 0 nitrogen and oxygen atoms in total. The molecule has 27 heavy (non-hydrogen) atoms. The third-order valence-corrected chi connectivity index (χ3v) is 9.45. The van der Waals surface area contributed by atoms with Crippen LogP contribution in [0.15, 0.2) is 0 Å². The van der Waals surface area contributed by atoms with Gasteiger partial charge in [-0.25, -0.2) is 0 Å². The van der Waals surface area contributed by atoms with Gasteiger partial charge in [-0.1, -0.05) is 0 Å². The van der Waals surface area contributed by atoms with Crippen molar-refractivity contribution < 1.29 is 0 Å². The molecule has 0 aliphatic rings. The molecule has 0 heterocycles. The number of unbranched alkanes of at least 4 members (excludes halogenated alkanes) is 18. The minimum Gasteiger partial charge on any atom is -0.107 e. The topological polar surface area (TPSA) is 0 Å². The van der Waals surface area contributed by atoms with E-state index in [9.17, 15) is 0 Å². The van der Waals surface area contributed by atoms with Crippen LogP contribution in [-0.2, 0) is 0 Å². The Morgan fingerprint density at radius 3 is 0.815 bits per heavy atom. The maximum absolute atomic E-state index is 2.31. The minimum atomic E-state index is 0. The van der Waals surface area contributed by atoms with Crippen LogP contribution in [-0.4, -0.2) is 21.1 Å². The first-order chi connectivity index (χ1) is 12.4. The summed E-state index contributed by atoms with van der Waals surface area (Å²) >= 11 is 0.0377. The van der Waals surface area contributed by atoms with Crippen molar-refractivity contribution in [2.75, 3.05) is 0 Å². The first-order valence-electron chi connectivity index (χ1n) is 12.1. The third kappa shape index (κ3) is 33.1. The van der Waals surface area contributed by atoms with Crippen LogP contribution in [0.4, 0.5) is 0 Å². The molecule has 0 N–H and O–H groups in total. The number of hydrogen-bond acceptors (Lipinski definition) is 0. The van der Waals surface area contributed by atoms with Gasteiger partial charge in [-0.3, -0.25) is 0 Å². The molecule has 0 aliphatic carbocycles. The van der Waals surface area contributed by atoms with Crippen molar-refractivity contribution in [3.63, 3.8) is 0 Å². The fourth-order valence-corrected chi connectivity index (χ4v) is 7.17. The molecule has 0 aliphatic heterocycles. The molecule has 0 saturated carbocycles. The Bertz CT molecular complexity index is 202. The van der Waals surface area contributed by atoms with Crippen LogP contribution in [0.5, 0.6) is 0 Å². The van der Waals surface area contributed by atoms with Gasteiger partial charge in [0.25, 0.3) is 0 Å². The van der Waals surface area contributed by atoms with E-state index in [0.29, 0.717) is 0 Å². The molecule has 0 unspecified atom stereocenters. The average molecular weight is 713 g/mol. The molecule has 0 aromatic heterocycles. The summed E-state index contributed by atoms with van der Waals surface area (Å²) < 4.78 is 3.33. The van der Waals surface area contributed by atoms with E-state index in [1.165, 1.54) is 116 Å². The SMILES string of the molecule is CCCCCCCCCCC[CH2][Sn][CH2]CCCCCCCCCCC.I.I. The number of hydrogen-bond donors (Lipinski definition) is 0. The Balaban J connectivity index is -0.00000288. The van der Waals surface area contributed by atoms with E-state index in [1.807, 2.05) is 0 Å². The van der Waals surface area contributed by atoms with Gasteiger partial charge >= 0.3 is 172 Å². The van der Waals surface area contributed by atoms with Gasteiger partial charge in [0.2, 0.25) is 0 Å². The van der Waals surface area contributed by atoms with Crippen LogP contribution in [0.1, 0.15) is 142 Å². The molecule has 0 fully saturated rings. The number of rotatable bonds is 22. The van der Waals surface area contributed by atoms with E-state index >= 15 is 0 Å². The van der Waals surface area contributed by atoms with E-state index in [-0.39, 0.29) is 69.1 Å². The summed E-state index contributed by atoms with van der Waals surface area (Å²) in [6.45, 7) is 4.61. The predicted octanol–water partition coefficient (Wildman–Crippen LogP) is 10.6. The molecule has 2 radical (unpaired) electrons. The summed E-state index contributed by atoms with van der Waals surface area (Å²) in [7, 11) is 0. The van der Waals surface area contributed by atoms with Crippen LogP contribution < -0.4 is 0 Å². The van der Waals surface area contributed by atoms with Crippen LogP contribution >= 0.6 is 48.0 Å². The second-order valence-electron chi connectivity index (χ2n) is 8.11. The van der Waals surface area contributed by atoms with E-state index < -0.39 is 0 Å². The van der Waals surface area contributed by atoms with Crippen LogP contribution in [0, 0.1) is 0 Å². The van der Waals surface area contributed by atoms with E-state index in [1.54, 1.807) is 21.7 Å². The molecule has 0 aromatic rings. The van der Waals surface area contributed by atoms with Gasteiger partial charge in [-0.05, 0) is 0 Å². The van der Waals surface area contributed by atoms with Gasteiger partial charge in [-0.2, -0.15) is 0 Å². The van der Waals surface area contributed by atoms with E-state index in [2.05, 4.69) is 13.8 Å². The zero-order chi connectivity index (χ0) is 18.3. The molecule has 0 atom stereocenters. The molecule has 0 saturated heterocycles. The van der Waals surface area contributed by atoms with E-state index in [0.717, 1.165) is 0 Å². The van der Waals surface area contributed by atoms with Crippen molar-refractivity contribution in [1.82, 2.24) is 0 Å². The molecule has 0 spiro atoms. The van der Waals surface area contributed by atoms with E-state index in [4.69, 9.17) is 0 Å². The third-order valence-electron chi connectivity index (χ3n) is 5.41. The van der Waals surface area contributed by atoms with Crippen molar-refractivity contribution in [1.29, 1.82) is 0 Å². The Morgan fingerprint density at radius 1 is 0.333 bits per heavy atom. The Kier molecular flexibility index (Phi) is 41.3. The second kappa shape index (κ2) is 32.9. The molecule has 0 bridgehead atoms. The molecular formula is C24H52I2Sn. The van der Waals surface area contributed by atoms with Crippen LogP contribution in [0.3, 0.4) is 0 Å². The average Bonchev–Trinajstić information content (AvgIpc) is 2.63. The molecular weight excluding hydrogens is 661 g/mol. The monoisotopic (exact) mass is 714 g/mol. The summed E-state index contributed by atoms with van der Waals surface area (Å²) in [4.78, 5) is 0. The Morgan fingerprint density at radius 2 is 0.556 bits per heavy atom. The van der Waals surface area contributed by atoms with Crippen molar-refractivity contribution in [3.8, 4) is 0 Å². The summed E-state index contributed by atoms with van der Waals surface area (Å²) in [5.41, 5.74) is 0. The maximum atomic E-state index is 2.31. The normalized spacial score (nSPS) is 10.4. The number of halogens is 2. The molecule has 0 rings (SSSR count). The summed E-state index contributed by atoms with van der Waals surface area (Å²) in [6.07, 6.45) is 29.8. The van der Waals surface area contributed by atoms with Crippen molar-refractivity contribution in [2.45, 2.75) is 151 Å². The predicted molar refractivity (Wildman–Crippen MR) is 150 cm³/mol. The fraction of sp³-hybridized carbons (Fsp3) is 1.00. The van der Waals surface area contributed by atoms with Gasteiger partial charge in [0.05, 0.1) is 0 Å². The molecule has 0 amide bonds. The van der Waals surface area contributed by atoms with Gasteiger partial charge < -0.3 is 0 Å². The van der Waals surface area contributed by atoms with Crippen LogP contribution in [0.25, 0.3) is 0 Å². The second-order valence-corrected chi connectivity index (χ2v) is 12.4. The standard InChI is InChI=1S/2C12H25.2HI.Sn/c2*1-3-5-7-9-11-12-10-8-6-4-2;;;/h2*1,3-12H2,2H3;2*1H;. The Labute approximate surface area is 218 Å². The molecule has 166 valence electrons. The quantitative estimate of drug-likeness (QED) is 0.0596. The van der Waals surface area contributed by atoms with Crippen LogP contribution in [0.2, 0.25) is 8.87 Å². The van der Waals surface area contributed by atoms with Crippen molar-refractivity contribution in [3.05, 3.63) is 0 Å². The zero-order valence-corrected chi connectivity index (χ0v) is 26.4. The van der Waals surface area contributed by atoms with Gasteiger partial charge in [-0.15, -0.1) is 48.0 Å². The minimum absolute atomic E-state index is 0. The van der Waals surface area contributed by atoms with Crippen molar-refractivity contribution in [2.24, 2.45) is 0 Å². The van der Waals surface area contributed by atoms with Gasteiger partial charge in [0, 0.05) is 0 Å². The molecule has 3 heteroatoms. The molecule has 0 aromatic carbocycles. The smallest absolute Gasteiger partial charge is 0.107 e. The first kappa shape index (κ1) is 33.9. The fourth-order valence-electron chi connectivity index (χ4n) is 3.60. The summed E-state index contributed by atoms with van der Waals surface area (Å²) in [5, 5.41) is 0. The van der Waals surface area contributed by atoms with Gasteiger partial charge in [0.1, 0.15) is 0 Å². The Hall–Kier alpha value is 2.26. The first-order valence-corrected chi connectivity index (χ1v) is 16.2. The summed E-state index contributed by atoms with van der Waals surface area (Å²) in [5.74, 6) is 0. The van der Waals surface area contributed by atoms with Gasteiger partial charge in [0.15, 0.2) is 0 Å².